The molecule has 0 saturated carbocycles. The molecule has 0 saturated heterocycles. The first-order chi connectivity index (χ1) is 7.80. The van der Waals surface area contributed by atoms with Crippen molar-refractivity contribution in [2.75, 3.05) is 0 Å². The number of hydrogen-bond donors (Lipinski definition) is 0. The third-order valence-corrected chi connectivity index (χ3v) is 2.47. The Labute approximate surface area is 103 Å². The molecule has 1 rings (SSSR count). The Kier molecular flexibility index (Phi) is 4.29. The highest BCUT2D eigenvalue weighted by molar-refractivity contribution is 5.66. The molecule has 0 fully saturated rings. The number of hydrogen-bond acceptors (Lipinski definition) is 3. The average molecular weight is 236 g/mol. The monoisotopic (exact) mass is 236 g/mol. The highest BCUT2D eigenvalue weighted by Crippen LogP contribution is 2.18. The van der Waals surface area contributed by atoms with Gasteiger partial charge in [0.2, 0.25) is 5.79 Å². The van der Waals surface area contributed by atoms with Gasteiger partial charge in [-0.1, -0.05) is 23.8 Å². The minimum absolute atomic E-state index is 0.337. The largest absolute Gasteiger partial charge is 0.434 e. The first-order valence-corrected chi connectivity index (χ1v) is 5.70. The summed E-state index contributed by atoms with van der Waals surface area (Å²) in [6.45, 7) is 9.37. The maximum atomic E-state index is 10.9. The van der Waals surface area contributed by atoms with Crippen LogP contribution in [0.5, 0.6) is 0 Å². The van der Waals surface area contributed by atoms with Gasteiger partial charge in [0, 0.05) is 20.8 Å². The molecule has 0 heterocycles. The molecule has 0 N–H and O–H groups in total. The SMILES string of the molecule is CC(=O)OC(C)(C)OCc1cc(C)ccc1C. The lowest BCUT2D eigenvalue weighted by Gasteiger charge is -2.25. The van der Waals surface area contributed by atoms with Crippen molar-refractivity contribution in [3.8, 4) is 0 Å². The zero-order chi connectivity index (χ0) is 13.1. The predicted octanol–water partition coefficient (Wildman–Crippen LogP) is 3.12. The third-order valence-electron chi connectivity index (χ3n) is 2.47. The number of benzene rings is 1. The van der Waals surface area contributed by atoms with Gasteiger partial charge < -0.3 is 9.47 Å². The molecule has 3 heteroatoms. The van der Waals surface area contributed by atoms with Crippen LogP contribution in [0.25, 0.3) is 0 Å². The second-order valence-electron chi connectivity index (χ2n) is 4.71. The summed E-state index contributed by atoms with van der Waals surface area (Å²) in [6.07, 6.45) is 0. The fourth-order valence-electron chi connectivity index (χ4n) is 1.58. The standard InChI is InChI=1S/C14H20O3/c1-10-6-7-11(2)13(8-10)9-16-14(4,5)17-12(3)15/h6-8H,9H2,1-5H3. The molecule has 1 aromatic carbocycles. The van der Waals surface area contributed by atoms with Crippen LogP contribution in [-0.2, 0) is 20.9 Å². The molecule has 0 radical (unpaired) electrons. The first kappa shape index (κ1) is 13.7. The van der Waals surface area contributed by atoms with E-state index in [4.69, 9.17) is 9.47 Å². The van der Waals surface area contributed by atoms with Crippen molar-refractivity contribution >= 4 is 5.97 Å². The smallest absolute Gasteiger partial charge is 0.305 e. The molecular formula is C14H20O3. The van der Waals surface area contributed by atoms with E-state index in [0.717, 1.165) is 5.56 Å². The Morgan fingerprint density at radius 3 is 2.53 bits per heavy atom. The van der Waals surface area contributed by atoms with Crippen LogP contribution in [0.3, 0.4) is 0 Å². The lowest BCUT2D eigenvalue weighted by atomic mass is 10.1. The van der Waals surface area contributed by atoms with Gasteiger partial charge in [0.25, 0.3) is 0 Å². The van der Waals surface area contributed by atoms with Crippen LogP contribution in [0, 0.1) is 13.8 Å². The average Bonchev–Trinajstić information content (AvgIpc) is 2.17. The molecule has 0 amide bonds. The van der Waals surface area contributed by atoms with E-state index in [2.05, 4.69) is 18.2 Å². The van der Waals surface area contributed by atoms with E-state index in [-0.39, 0.29) is 5.97 Å². The van der Waals surface area contributed by atoms with Crippen LogP contribution in [0.15, 0.2) is 18.2 Å². The van der Waals surface area contributed by atoms with Crippen LogP contribution in [-0.4, -0.2) is 11.8 Å². The van der Waals surface area contributed by atoms with E-state index >= 15 is 0 Å². The van der Waals surface area contributed by atoms with E-state index in [1.807, 2.05) is 13.8 Å². The Morgan fingerprint density at radius 2 is 1.94 bits per heavy atom. The summed E-state index contributed by atoms with van der Waals surface area (Å²) in [4.78, 5) is 10.9. The first-order valence-electron chi connectivity index (χ1n) is 5.70. The fourth-order valence-corrected chi connectivity index (χ4v) is 1.58. The van der Waals surface area contributed by atoms with Crippen molar-refractivity contribution in [2.24, 2.45) is 0 Å². The second kappa shape index (κ2) is 5.32. The summed E-state index contributed by atoms with van der Waals surface area (Å²) in [5.74, 6) is -1.22. The van der Waals surface area contributed by atoms with Gasteiger partial charge in [0.15, 0.2) is 0 Å². The van der Waals surface area contributed by atoms with Gasteiger partial charge in [-0.3, -0.25) is 4.79 Å². The van der Waals surface area contributed by atoms with Crippen LogP contribution in [0.4, 0.5) is 0 Å². The minimum Gasteiger partial charge on any atom is -0.434 e. The number of ether oxygens (including phenoxy) is 2. The second-order valence-corrected chi connectivity index (χ2v) is 4.71. The van der Waals surface area contributed by atoms with Gasteiger partial charge in [-0.2, -0.15) is 0 Å². The topological polar surface area (TPSA) is 35.5 Å². The highest BCUT2D eigenvalue weighted by Gasteiger charge is 2.21. The van der Waals surface area contributed by atoms with Crippen molar-refractivity contribution in [1.82, 2.24) is 0 Å². The zero-order valence-corrected chi connectivity index (χ0v) is 11.2. The Morgan fingerprint density at radius 1 is 1.29 bits per heavy atom. The van der Waals surface area contributed by atoms with Crippen LogP contribution >= 0.6 is 0 Å². The zero-order valence-electron chi connectivity index (χ0n) is 11.2. The van der Waals surface area contributed by atoms with Crippen molar-refractivity contribution < 1.29 is 14.3 Å². The van der Waals surface area contributed by atoms with Crippen molar-refractivity contribution in [3.05, 3.63) is 34.9 Å². The van der Waals surface area contributed by atoms with Crippen LogP contribution in [0.2, 0.25) is 0 Å². The molecule has 94 valence electrons. The van der Waals surface area contributed by atoms with E-state index in [9.17, 15) is 4.79 Å². The number of rotatable bonds is 4. The maximum Gasteiger partial charge on any atom is 0.305 e. The lowest BCUT2D eigenvalue weighted by molar-refractivity contribution is -0.218. The lowest BCUT2D eigenvalue weighted by Crippen LogP contribution is -2.30. The Balaban J connectivity index is 2.66. The van der Waals surface area contributed by atoms with Gasteiger partial charge in [-0.15, -0.1) is 0 Å². The minimum atomic E-state index is -0.887. The normalized spacial score (nSPS) is 11.4. The molecule has 0 aliphatic heterocycles. The summed E-state index contributed by atoms with van der Waals surface area (Å²) in [5.41, 5.74) is 3.49. The third kappa shape index (κ3) is 4.57. The molecule has 0 bridgehead atoms. The molecule has 17 heavy (non-hydrogen) atoms. The molecule has 0 aliphatic rings. The van der Waals surface area contributed by atoms with Crippen LogP contribution < -0.4 is 0 Å². The fraction of sp³-hybridized carbons (Fsp3) is 0.500. The van der Waals surface area contributed by atoms with E-state index in [0.29, 0.717) is 6.61 Å². The number of aryl methyl sites for hydroxylation is 2. The number of esters is 1. The number of carbonyl (C=O) groups excluding carboxylic acids is 1. The summed E-state index contributed by atoms with van der Waals surface area (Å²) < 4.78 is 10.7. The molecule has 0 spiro atoms. The highest BCUT2D eigenvalue weighted by atomic mass is 16.7. The molecule has 0 atom stereocenters. The Hall–Kier alpha value is -1.35. The molecule has 0 unspecified atom stereocenters. The molecule has 3 nitrogen and oxygen atoms in total. The van der Waals surface area contributed by atoms with E-state index < -0.39 is 5.79 Å². The molecule has 0 aromatic heterocycles. The van der Waals surface area contributed by atoms with Crippen LogP contribution in [0.1, 0.15) is 37.5 Å². The summed E-state index contributed by atoms with van der Waals surface area (Å²) >= 11 is 0. The Bertz CT molecular complexity index is 408. The summed E-state index contributed by atoms with van der Waals surface area (Å²) in [6, 6.07) is 6.21. The maximum absolute atomic E-state index is 10.9. The molecular weight excluding hydrogens is 216 g/mol. The van der Waals surface area contributed by atoms with Gasteiger partial charge in [-0.25, -0.2) is 0 Å². The molecule has 1 aromatic rings. The summed E-state index contributed by atoms with van der Waals surface area (Å²) in [7, 11) is 0. The van der Waals surface area contributed by atoms with Gasteiger partial charge in [0.1, 0.15) is 0 Å². The van der Waals surface area contributed by atoms with Gasteiger partial charge in [-0.05, 0) is 25.0 Å². The van der Waals surface area contributed by atoms with E-state index in [1.165, 1.54) is 18.1 Å². The summed E-state index contributed by atoms with van der Waals surface area (Å²) in [5, 5.41) is 0. The van der Waals surface area contributed by atoms with Crippen molar-refractivity contribution in [1.29, 1.82) is 0 Å². The predicted molar refractivity (Wildman–Crippen MR) is 66.6 cm³/mol. The van der Waals surface area contributed by atoms with Gasteiger partial charge in [0.05, 0.1) is 6.61 Å². The van der Waals surface area contributed by atoms with Gasteiger partial charge >= 0.3 is 5.97 Å². The van der Waals surface area contributed by atoms with Crippen molar-refractivity contribution in [2.45, 2.75) is 47.0 Å². The number of carbonyl (C=O) groups is 1. The molecule has 0 aliphatic carbocycles. The quantitative estimate of drug-likeness (QED) is 0.595. The van der Waals surface area contributed by atoms with Crippen molar-refractivity contribution in [3.63, 3.8) is 0 Å². The van der Waals surface area contributed by atoms with E-state index in [1.54, 1.807) is 13.8 Å².